The lowest BCUT2D eigenvalue weighted by atomic mass is 10.1. The van der Waals surface area contributed by atoms with E-state index in [0.717, 1.165) is 16.9 Å². The summed E-state index contributed by atoms with van der Waals surface area (Å²) >= 11 is 0. The smallest absolute Gasteiger partial charge is 0.383 e. The summed E-state index contributed by atoms with van der Waals surface area (Å²) in [6.45, 7) is 0. The fourth-order valence-corrected chi connectivity index (χ4v) is 2.35. The van der Waals surface area contributed by atoms with E-state index < -0.39 is 0 Å². The Balaban J connectivity index is 2.09. The van der Waals surface area contributed by atoms with Gasteiger partial charge in [-0.1, -0.05) is 18.2 Å². The number of methoxy groups -OCH3 is 1. The first-order valence-electron chi connectivity index (χ1n) is 6.62. The lowest BCUT2D eigenvalue weighted by molar-refractivity contribution is -0.652. The van der Waals surface area contributed by atoms with Gasteiger partial charge in [0.2, 0.25) is 0 Å². The van der Waals surface area contributed by atoms with E-state index >= 15 is 0 Å². The van der Waals surface area contributed by atoms with Gasteiger partial charge >= 0.3 is 11.8 Å². The van der Waals surface area contributed by atoms with Crippen LogP contribution in [0.4, 0.5) is 0 Å². The molecule has 1 N–H and O–H groups in total. The van der Waals surface area contributed by atoms with Crippen LogP contribution in [0.5, 0.6) is 11.7 Å². The molecule has 3 rings (SSSR count). The monoisotopic (exact) mass is 282 g/mol. The van der Waals surface area contributed by atoms with Crippen molar-refractivity contribution in [3.05, 3.63) is 54.6 Å². The molecule has 0 spiro atoms. The van der Waals surface area contributed by atoms with Crippen LogP contribution in [0.2, 0.25) is 0 Å². The third kappa shape index (κ3) is 2.36. The standard InChI is InChI=1S/C17H15NO3/c1-18-15(12-6-4-3-5-7-12)17(19)21-16(18)13-8-10-14(20-2)11-9-13/h3-11H,1-2H3/p+1. The van der Waals surface area contributed by atoms with Gasteiger partial charge in [0, 0.05) is 0 Å². The number of aromatic nitrogens is 1. The minimum atomic E-state index is -0.0884. The molecule has 2 aromatic carbocycles. The molecule has 0 saturated carbocycles. The third-order valence-corrected chi connectivity index (χ3v) is 3.42. The van der Waals surface area contributed by atoms with Gasteiger partial charge in [-0.2, -0.15) is 4.57 Å². The van der Waals surface area contributed by atoms with Gasteiger partial charge in [0.25, 0.3) is 5.69 Å². The van der Waals surface area contributed by atoms with E-state index in [-0.39, 0.29) is 5.95 Å². The highest BCUT2D eigenvalue weighted by molar-refractivity contribution is 5.63. The number of benzene rings is 2. The largest absolute Gasteiger partial charge is 0.497 e. The predicted octanol–water partition coefficient (Wildman–Crippen LogP) is 3.15. The lowest BCUT2D eigenvalue weighted by Crippen LogP contribution is -2.30. The van der Waals surface area contributed by atoms with Crippen LogP contribution in [0.25, 0.3) is 22.7 Å². The number of rotatable bonds is 3. The molecule has 0 radical (unpaired) electrons. The minimum absolute atomic E-state index is 0.0884. The first-order chi connectivity index (χ1) is 10.2. The van der Waals surface area contributed by atoms with Crippen LogP contribution >= 0.6 is 0 Å². The molecular weight excluding hydrogens is 266 g/mol. The van der Waals surface area contributed by atoms with Crippen molar-refractivity contribution < 1.29 is 18.8 Å². The van der Waals surface area contributed by atoms with E-state index in [4.69, 9.17) is 9.15 Å². The fraction of sp³-hybridized carbons (Fsp3) is 0.118. The van der Waals surface area contributed by atoms with E-state index in [9.17, 15) is 5.11 Å². The van der Waals surface area contributed by atoms with Crippen molar-refractivity contribution in [2.75, 3.05) is 7.11 Å². The molecule has 4 heteroatoms. The lowest BCUT2D eigenvalue weighted by Gasteiger charge is -1.99. The summed E-state index contributed by atoms with van der Waals surface area (Å²) in [5.74, 6) is 1.28. The van der Waals surface area contributed by atoms with Gasteiger partial charge in [-0.25, -0.2) is 0 Å². The number of nitrogens with zero attached hydrogens (tertiary/aromatic N) is 1. The van der Waals surface area contributed by atoms with Crippen molar-refractivity contribution >= 4 is 0 Å². The average Bonchev–Trinajstić information content (AvgIpc) is 2.83. The molecule has 1 heterocycles. The molecule has 3 aromatic rings. The van der Waals surface area contributed by atoms with Crippen LogP contribution in [0.15, 0.2) is 59.0 Å². The Labute approximate surface area is 122 Å². The first kappa shape index (κ1) is 13.2. The Hall–Kier alpha value is -2.75. The first-order valence-corrected chi connectivity index (χ1v) is 6.62. The normalized spacial score (nSPS) is 10.6. The number of aromatic hydroxyl groups is 1. The highest BCUT2D eigenvalue weighted by Gasteiger charge is 2.28. The maximum absolute atomic E-state index is 10.1. The summed E-state index contributed by atoms with van der Waals surface area (Å²) in [4.78, 5) is 0. The average molecular weight is 282 g/mol. The van der Waals surface area contributed by atoms with E-state index in [1.807, 2.05) is 66.2 Å². The Kier molecular flexibility index (Phi) is 3.36. The molecule has 4 nitrogen and oxygen atoms in total. The molecular formula is C17H16NO3+. The Bertz CT molecular complexity index is 746. The second-order valence-corrected chi connectivity index (χ2v) is 4.71. The van der Waals surface area contributed by atoms with Crippen LogP contribution in [0.1, 0.15) is 0 Å². The SMILES string of the molecule is COc1ccc(-c2oc(O)c(-c3ccccc3)[n+]2C)cc1. The van der Waals surface area contributed by atoms with Crippen molar-refractivity contribution in [1.82, 2.24) is 0 Å². The molecule has 0 saturated heterocycles. The van der Waals surface area contributed by atoms with E-state index in [1.54, 1.807) is 7.11 Å². The van der Waals surface area contributed by atoms with Gasteiger partial charge in [0.1, 0.15) is 12.8 Å². The van der Waals surface area contributed by atoms with Gasteiger partial charge in [-0.05, 0) is 36.4 Å². The van der Waals surface area contributed by atoms with Gasteiger partial charge in [0.05, 0.1) is 18.2 Å². The zero-order valence-corrected chi connectivity index (χ0v) is 11.9. The summed E-state index contributed by atoms with van der Waals surface area (Å²) in [6, 6.07) is 17.2. The van der Waals surface area contributed by atoms with Crippen LogP contribution < -0.4 is 9.30 Å². The number of oxazole rings is 1. The van der Waals surface area contributed by atoms with Crippen LogP contribution in [0, 0.1) is 0 Å². The van der Waals surface area contributed by atoms with Gasteiger partial charge in [0.15, 0.2) is 0 Å². The number of hydrogen-bond donors (Lipinski definition) is 1. The van der Waals surface area contributed by atoms with Crippen molar-refractivity contribution in [1.29, 1.82) is 0 Å². The van der Waals surface area contributed by atoms with Crippen molar-refractivity contribution in [2.24, 2.45) is 7.05 Å². The van der Waals surface area contributed by atoms with E-state index in [0.29, 0.717) is 11.6 Å². The quantitative estimate of drug-likeness (QED) is 0.751. The molecule has 0 atom stereocenters. The Morgan fingerprint density at radius 1 is 0.952 bits per heavy atom. The molecule has 0 aliphatic heterocycles. The fourth-order valence-electron chi connectivity index (χ4n) is 2.35. The zero-order valence-electron chi connectivity index (χ0n) is 11.9. The second kappa shape index (κ2) is 5.32. The third-order valence-electron chi connectivity index (χ3n) is 3.42. The predicted molar refractivity (Wildman–Crippen MR) is 79.0 cm³/mol. The molecule has 0 bridgehead atoms. The molecule has 0 aliphatic rings. The highest BCUT2D eigenvalue weighted by Crippen LogP contribution is 2.31. The zero-order chi connectivity index (χ0) is 14.8. The van der Waals surface area contributed by atoms with Gasteiger partial charge < -0.3 is 14.3 Å². The molecule has 0 fully saturated rings. The minimum Gasteiger partial charge on any atom is -0.497 e. The van der Waals surface area contributed by atoms with Crippen molar-refractivity contribution in [3.63, 3.8) is 0 Å². The maximum atomic E-state index is 10.1. The molecule has 0 aliphatic carbocycles. The van der Waals surface area contributed by atoms with E-state index in [2.05, 4.69) is 0 Å². The Morgan fingerprint density at radius 3 is 2.24 bits per heavy atom. The molecule has 1 aromatic heterocycles. The molecule has 0 amide bonds. The van der Waals surface area contributed by atoms with Gasteiger partial charge in [-0.3, -0.25) is 0 Å². The summed E-state index contributed by atoms with van der Waals surface area (Å²) < 4.78 is 12.5. The number of hydrogen-bond acceptors (Lipinski definition) is 3. The molecule has 106 valence electrons. The summed E-state index contributed by atoms with van der Waals surface area (Å²) in [7, 11) is 3.49. The summed E-state index contributed by atoms with van der Waals surface area (Å²) in [5.41, 5.74) is 2.43. The van der Waals surface area contributed by atoms with Crippen LogP contribution in [-0.4, -0.2) is 12.2 Å². The van der Waals surface area contributed by atoms with Crippen LogP contribution in [-0.2, 0) is 7.05 Å². The maximum Gasteiger partial charge on any atom is 0.383 e. The highest BCUT2D eigenvalue weighted by atomic mass is 16.5. The molecule has 21 heavy (non-hydrogen) atoms. The second-order valence-electron chi connectivity index (χ2n) is 4.71. The van der Waals surface area contributed by atoms with Crippen molar-refractivity contribution in [2.45, 2.75) is 0 Å². The summed E-state index contributed by atoms with van der Waals surface area (Å²) in [6.07, 6.45) is 0. The molecule has 0 unspecified atom stereocenters. The topological polar surface area (TPSA) is 46.5 Å². The Morgan fingerprint density at radius 2 is 1.62 bits per heavy atom. The summed E-state index contributed by atoms with van der Waals surface area (Å²) in [5, 5.41) is 10.1. The van der Waals surface area contributed by atoms with Crippen molar-refractivity contribution in [3.8, 4) is 34.4 Å². The number of ether oxygens (including phenoxy) is 1. The van der Waals surface area contributed by atoms with Crippen LogP contribution in [0.3, 0.4) is 0 Å². The van der Waals surface area contributed by atoms with Gasteiger partial charge in [-0.15, -0.1) is 0 Å². The van der Waals surface area contributed by atoms with E-state index in [1.165, 1.54) is 0 Å².